The van der Waals surface area contributed by atoms with Gasteiger partial charge in [-0.2, -0.15) is 0 Å². The summed E-state index contributed by atoms with van der Waals surface area (Å²) in [7, 11) is 1.84. The zero-order chi connectivity index (χ0) is 9.14. The van der Waals surface area contributed by atoms with Crippen molar-refractivity contribution in [3.63, 3.8) is 0 Å². The third-order valence-electron chi connectivity index (χ3n) is 1.95. The molecule has 12 heavy (non-hydrogen) atoms. The molecule has 0 saturated carbocycles. The zero-order valence-corrected chi connectivity index (χ0v) is 7.33. The van der Waals surface area contributed by atoms with Crippen molar-refractivity contribution in [3.8, 4) is 5.75 Å². The second kappa shape index (κ2) is 3.45. The first-order chi connectivity index (χ1) is 5.65. The number of rotatable bonds is 2. The highest BCUT2D eigenvalue weighted by Crippen LogP contribution is 2.25. The molecule has 4 N–H and O–H groups in total. The van der Waals surface area contributed by atoms with Crippen LogP contribution in [0.5, 0.6) is 5.75 Å². The predicted molar refractivity (Wildman–Crippen MR) is 50.0 cm³/mol. The molecule has 1 aromatic carbocycles. The van der Waals surface area contributed by atoms with Crippen LogP contribution in [0, 0.1) is 0 Å². The number of nitrogens with two attached hydrogens (primary N) is 1. The third-order valence-corrected chi connectivity index (χ3v) is 1.95. The van der Waals surface area contributed by atoms with Gasteiger partial charge in [0.25, 0.3) is 0 Å². The van der Waals surface area contributed by atoms with Gasteiger partial charge in [-0.1, -0.05) is 0 Å². The third kappa shape index (κ3) is 1.68. The molecule has 0 aliphatic carbocycles. The van der Waals surface area contributed by atoms with Crippen molar-refractivity contribution in [3.05, 3.63) is 23.8 Å². The topological polar surface area (TPSA) is 58.3 Å². The number of aromatic hydroxyl groups is 1. The van der Waals surface area contributed by atoms with Crippen LogP contribution in [0.3, 0.4) is 0 Å². The van der Waals surface area contributed by atoms with Crippen molar-refractivity contribution in [2.75, 3.05) is 12.8 Å². The largest absolute Gasteiger partial charge is 0.508 e. The number of benzene rings is 1. The van der Waals surface area contributed by atoms with E-state index in [-0.39, 0.29) is 11.8 Å². The van der Waals surface area contributed by atoms with Gasteiger partial charge in [-0.25, -0.2) is 0 Å². The summed E-state index contributed by atoms with van der Waals surface area (Å²) in [6.45, 7) is 1.97. The fourth-order valence-electron chi connectivity index (χ4n) is 1.08. The van der Waals surface area contributed by atoms with E-state index in [0.717, 1.165) is 5.56 Å². The molecule has 0 amide bonds. The van der Waals surface area contributed by atoms with Gasteiger partial charge in [0.05, 0.1) is 0 Å². The first kappa shape index (κ1) is 8.87. The lowest BCUT2D eigenvalue weighted by molar-refractivity contribution is 0.458. The maximum absolute atomic E-state index is 9.44. The van der Waals surface area contributed by atoms with E-state index in [4.69, 9.17) is 5.73 Å². The average molecular weight is 166 g/mol. The summed E-state index contributed by atoms with van der Waals surface area (Å²) in [5.41, 5.74) is 7.08. The molecule has 0 spiro atoms. The van der Waals surface area contributed by atoms with E-state index in [9.17, 15) is 5.11 Å². The molecular formula is C9H14N2O. The molecule has 0 aliphatic heterocycles. The Morgan fingerprint density at radius 1 is 1.50 bits per heavy atom. The van der Waals surface area contributed by atoms with Crippen LogP contribution in [0.1, 0.15) is 18.5 Å². The Kier molecular flexibility index (Phi) is 2.55. The number of phenols is 1. The minimum Gasteiger partial charge on any atom is -0.508 e. The SMILES string of the molecule is CNC(C)c1cc(N)ccc1O. The summed E-state index contributed by atoms with van der Waals surface area (Å²) in [6, 6.07) is 5.18. The van der Waals surface area contributed by atoms with Gasteiger partial charge < -0.3 is 16.2 Å². The molecule has 1 unspecified atom stereocenters. The van der Waals surface area contributed by atoms with Crippen LogP contribution in [-0.4, -0.2) is 12.2 Å². The summed E-state index contributed by atoms with van der Waals surface area (Å²) in [5.74, 6) is 0.283. The molecule has 3 heteroatoms. The molecule has 0 aliphatic rings. The molecule has 0 radical (unpaired) electrons. The van der Waals surface area contributed by atoms with Crippen molar-refractivity contribution in [2.24, 2.45) is 0 Å². The standard InChI is InChI=1S/C9H14N2O/c1-6(11-2)8-5-7(10)3-4-9(8)12/h3-6,11-12H,10H2,1-2H3. The molecule has 66 valence electrons. The van der Waals surface area contributed by atoms with E-state index in [0.29, 0.717) is 5.69 Å². The highest BCUT2D eigenvalue weighted by molar-refractivity contribution is 5.48. The fourth-order valence-corrected chi connectivity index (χ4v) is 1.08. The van der Waals surface area contributed by atoms with Crippen LogP contribution in [0.4, 0.5) is 5.69 Å². The molecule has 0 bridgehead atoms. The van der Waals surface area contributed by atoms with Gasteiger partial charge in [-0.15, -0.1) is 0 Å². The van der Waals surface area contributed by atoms with E-state index in [1.54, 1.807) is 18.2 Å². The Hall–Kier alpha value is -1.22. The lowest BCUT2D eigenvalue weighted by atomic mass is 10.1. The van der Waals surface area contributed by atoms with Crippen molar-refractivity contribution in [1.29, 1.82) is 0 Å². The normalized spacial score (nSPS) is 12.8. The molecule has 0 saturated heterocycles. The van der Waals surface area contributed by atoms with E-state index in [1.807, 2.05) is 14.0 Å². The van der Waals surface area contributed by atoms with Crippen molar-refractivity contribution >= 4 is 5.69 Å². The molecule has 3 nitrogen and oxygen atoms in total. The Bertz CT molecular complexity index is 273. The summed E-state index contributed by atoms with van der Waals surface area (Å²) in [6.07, 6.45) is 0. The minimum absolute atomic E-state index is 0.119. The maximum atomic E-state index is 9.44. The Morgan fingerprint density at radius 2 is 2.17 bits per heavy atom. The van der Waals surface area contributed by atoms with Crippen LogP contribution in [0.2, 0.25) is 0 Å². The fraction of sp³-hybridized carbons (Fsp3) is 0.333. The Labute approximate surface area is 72.2 Å². The molecule has 0 fully saturated rings. The van der Waals surface area contributed by atoms with Crippen molar-refractivity contribution < 1.29 is 5.11 Å². The summed E-state index contributed by atoms with van der Waals surface area (Å²) < 4.78 is 0. The van der Waals surface area contributed by atoms with Gasteiger partial charge in [0.2, 0.25) is 0 Å². The molecule has 0 aromatic heterocycles. The minimum atomic E-state index is 0.119. The molecule has 1 atom stereocenters. The Morgan fingerprint density at radius 3 is 2.75 bits per heavy atom. The number of nitrogen functional groups attached to an aromatic ring is 1. The number of phenolic OH excluding ortho intramolecular Hbond substituents is 1. The van der Waals surface area contributed by atoms with E-state index >= 15 is 0 Å². The molecule has 1 rings (SSSR count). The molecule has 0 heterocycles. The average Bonchev–Trinajstić information content (AvgIpc) is 2.08. The van der Waals surface area contributed by atoms with Gasteiger partial charge in [0.15, 0.2) is 0 Å². The lowest BCUT2D eigenvalue weighted by Gasteiger charge is -2.12. The number of nitrogens with one attached hydrogen (secondary N) is 1. The van der Waals surface area contributed by atoms with Gasteiger partial charge in [-0.3, -0.25) is 0 Å². The number of hydrogen-bond acceptors (Lipinski definition) is 3. The second-order valence-electron chi connectivity index (χ2n) is 2.83. The summed E-state index contributed by atoms with van der Waals surface area (Å²) >= 11 is 0. The highest BCUT2D eigenvalue weighted by Gasteiger charge is 2.07. The Balaban J connectivity index is 3.04. The van der Waals surface area contributed by atoms with Crippen LogP contribution in [-0.2, 0) is 0 Å². The number of hydrogen-bond donors (Lipinski definition) is 3. The first-order valence-electron chi connectivity index (χ1n) is 3.91. The maximum Gasteiger partial charge on any atom is 0.120 e. The summed E-state index contributed by atoms with van der Waals surface area (Å²) in [4.78, 5) is 0. The highest BCUT2D eigenvalue weighted by atomic mass is 16.3. The van der Waals surface area contributed by atoms with Crippen LogP contribution in [0.25, 0.3) is 0 Å². The first-order valence-corrected chi connectivity index (χ1v) is 3.91. The van der Waals surface area contributed by atoms with Gasteiger partial charge in [0.1, 0.15) is 5.75 Å². The van der Waals surface area contributed by atoms with Gasteiger partial charge >= 0.3 is 0 Å². The van der Waals surface area contributed by atoms with Crippen molar-refractivity contribution in [1.82, 2.24) is 5.32 Å². The van der Waals surface area contributed by atoms with E-state index < -0.39 is 0 Å². The van der Waals surface area contributed by atoms with Crippen LogP contribution < -0.4 is 11.1 Å². The van der Waals surface area contributed by atoms with Crippen LogP contribution >= 0.6 is 0 Å². The second-order valence-corrected chi connectivity index (χ2v) is 2.83. The van der Waals surface area contributed by atoms with Gasteiger partial charge in [0, 0.05) is 17.3 Å². The summed E-state index contributed by atoms with van der Waals surface area (Å²) in [5, 5.41) is 12.5. The molecule has 1 aromatic rings. The van der Waals surface area contributed by atoms with Crippen LogP contribution in [0.15, 0.2) is 18.2 Å². The van der Waals surface area contributed by atoms with Gasteiger partial charge in [-0.05, 0) is 32.2 Å². The van der Waals surface area contributed by atoms with E-state index in [1.165, 1.54) is 0 Å². The monoisotopic (exact) mass is 166 g/mol. The van der Waals surface area contributed by atoms with Crippen molar-refractivity contribution in [2.45, 2.75) is 13.0 Å². The van der Waals surface area contributed by atoms with E-state index in [2.05, 4.69) is 5.32 Å². The quantitative estimate of drug-likeness (QED) is 0.458. The predicted octanol–water partition coefficient (Wildman–Crippen LogP) is 1.25. The smallest absolute Gasteiger partial charge is 0.120 e. The lowest BCUT2D eigenvalue weighted by Crippen LogP contribution is -2.12. The number of anilines is 1. The molecular weight excluding hydrogens is 152 g/mol. The zero-order valence-electron chi connectivity index (χ0n) is 7.33.